The Morgan fingerprint density at radius 2 is 1.63 bits per heavy atom. The van der Waals surface area contributed by atoms with Crippen molar-refractivity contribution in [2.45, 2.75) is 44.2 Å². The van der Waals surface area contributed by atoms with E-state index in [9.17, 15) is 14.0 Å². The first-order chi connectivity index (χ1) is 20.0. The highest BCUT2D eigenvalue weighted by Gasteiger charge is 2.36. The van der Waals surface area contributed by atoms with Gasteiger partial charge in [-0.2, -0.15) is 0 Å². The molecule has 5 rings (SSSR count). The number of ether oxygens (including phenoxy) is 2. The van der Waals surface area contributed by atoms with E-state index in [2.05, 4.69) is 10.3 Å². The highest BCUT2D eigenvalue weighted by atomic mass is 19.1. The number of hydrogen-bond donors (Lipinski definition) is 2. The summed E-state index contributed by atoms with van der Waals surface area (Å²) in [6, 6.07) is 22.9. The summed E-state index contributed by atoms with van der Waals surface area (Å²) in [5.74, 6) is -0.329. The van der Waals surface area contributed by atoms with Crippen molar-refractivity contribution in [1.29, 1.82) is 0 Å². The van der Waals surface area contributed by atoms with Crippen LogP contribution in [0.2, 0.25) is 0 Å². The number of benzene rings is 3. The molecule has 8 heteroatoms. The number of halogens is 1. The second-order valence-electron chi connectivity index (χ2n) is 10.2. The van der Waals surface area contributed by atoms with E-state index in [1.54, 1.807) is 43.5 Å². The third-order valence-electron chi connectivity index (χ3n) is 7.51. The van der Waals surface area contributed by atoms with Gasteiger partial charge in [-0.3, -0.25) is 14.5 Å². The Balaban J connectivity index is 1.63. The zero-order chi connectivity index (χ0) is 28.8. The Labute approximate surface area is 239 Å². The predicted octanol–water partition coefficient (Wildman–Crippen LogP) is 6.68. The number of hydrogen-bond acceptors (Lipinski definition) is 4. The lowest BCUT2D eigenvalue weighted by molar-refractivity contribution is -0.123. The molecule has 1 saturated carbocycles. The minimum atomic E-state index is -1.10. The maximum absolute atomic E-state index is 14.4. The normalized spacial score (nSPS) is 14.2. The quantitative estimate of drug-likeness (QED) is 0.242. The molecule has 41 heavy (non-hydrogen) atoms. The number of methoxy groups -OCH3 is 2. The molecule has 212 valence electrons. The number of carbonyl (C=O) groups is 2. The molecule has 7 nitrogen and oxygen atoms in total. The van der Waals surface area contributed by atoms with Crippen LogP contribution >= 0.6 is 0 Å². The number of nitrogens with zero attached hydrogens (tertiary/aromatic N) is 1. The van der Waals surface area contributed by atoms with Gasteiger partial charge >= 0.3 is 0 Å². The molecule has 0 spiro atoms. The molecule has 0 bridgehead atoms. The topological polar surface area (TPSA) is 83.7 Å². The maximum atomic E-state index is 14.4. The molecular formula is C33H34FN3O4. The summed E-state index contributed by atoms with van der Waals surface area (Å²) in [6.07, 6.45) is 4.95. The van der Waals surface area contributed by atoms with E-state index in [1.807, 2.05) is 36.4 Å². The molecule has 0 radical (unpaired) electrons. The van der Waals surface area contributed by atoms with Gasteiger partial charge < -0.3 is 19.8 Å². The number of rotatable bonds is 9. The standard InChI is InChI=1S/C33H34FN3O4/c1-40-26-17-20-29(30(21-26)41-2)37(33(39)28-19-18-27(36-28)22-9-5-3-6-10-22)31(23-13-15-24(34)16-14-23)32(38)35-25-11-7-4-8-12-25/h3,5-6,9-10,13-21,25,31,36H,4,7-8,11-12H2,1-2H3,(H,35,38)/t31-/m1/s1. The molecule has 1 aliphatic carbocycles. The van der Waals surface area contributed by atoms with E-state index in [0.717, 1.165) is 43.4 Å². The van der Waals surface area contributed by atoms with E-state index >= 15 is 0 Å². The molecule has 2 amide bonds. The molecule has 1 atom stereocenters. The van der Waals surface area contributed by atoms with Gasteiger partial charge in [0.2, 0.25) is 5.91 Å². The smallest absolute Gasteiger partial charge is 0.275 e. The molecule has 1 heterocycles. The van der Waals surface area contributed by atoms with Crippen LogP contribution in [0, 0.1) is 5.82 Å². The van der Waals surface area contributed by atoms with Crippen molar-refractivity contribution in [3.63, 3.8) is 0 Å². The molecule has 1 aliphatic rings. The highest BCUT2D eigenvalue weighted by molar-refractivity contribution is 6.10. The van der Waals surface area contributed by atoms with Crippen molar-refractivity contribution in [3.8, 4) is 22.8 Å². The van der Waals surface area contributed by atoms with E-state index < -0.39 is 17.8 Å². The van der Waals surface area contributed by atoms with Gasteiger partial charge in [-0.15, -0.1) is 0 Å². The zero-order valence-electron chi connectivity index (χ0n) is 23.2. The van der Waals surface area contributed by atoms with Gasteiger partial charge in [-0.25, -0.2) is 4.39 Å². The average molecular weight is 556 g/mol. The summed E-state index contributed by atoms with van der Waals surface area (Å²) in [7, 11) is 3.04. The minimum Gasteiger partial charge on any atom is -0.497 e. The summed E-state index contributed by atoms with van der Waals surface area (Å²) in [5, 5.41) is 3.18. The zero-order valence-corrected chi connectivity index (χ0v) is 23.2. The Kier molecular flexibility index (Phi) is 8.67. The minimum absolute atomic E-state index is 0.00378. The third kappa shape index (κ3) is 6.27. The number of H-pyrrole nitrogens is 1. The summed E-state index contributed by atoms with van der Waals surface area (Å²) >= 11 is 0. The lowest BCUT2D eigenvalue weighted by atomic mass is 9.94. The molecular weight excluding hydrogens is 521 g/mol. The van der Waals surface area contributed by atoms with Crippen molar-refractivity contribution in [2.75, 3.05) is 19.1 Å². The van der Waals surface area contributed by atoms with Crippen LogP contribution in [-0.2, 0) is 4.79 Å². The third-order valence-corrected chi connectivity index (χ3v) is 7.51. The molecule has 0 unspecified atom stereocenters. The first-order valence-corrected chi connectivity index (χ1v) is 13.8. The Hall–Kier alpha value is -4.59. The largest absolute Gasteiger partial charge is 0.497 e. The van der Waals surface area contributed by atoms with Gasteiger partial charge in [0.25, 0.3) is 5.91 Å². The SMILES string of the molecule is COc1ccc(N(C(=O)c2ccc(-c3ccccc3)[nH]2)[C@@H](C(=O)NC2CCCCC2)c2ccc(F)cc2)c(OC)c1. The highest BCUT2D eigenvalue weighted by Crippen LogP contribution is 2.39. The van der Waals surface area contributed by atoms with Crippen LogP contribution in [0.15, 0.2) is 84.9 Å². The molecule has 3 aromatic carbocycles. The van der Waals surface area contributed by atoms with Gasteiger partial charge in [0.15, 0.2) is 0 Å². The molecule has 2 N–H and O–H groups in total. The number of aromatic nitrogens is 1. The molecule has 0 saturated heterocycles. The van der Waals surface area contributed by atoms with Crippen molar-refractivity contribution in [3.05, 3.63) is 102 Å². The van der Waals surface area contributed by atoms with Gasteiger partial charge in [0.05, 0.1) is 19.9 Å². The molecule has 1 fully saturated rings. The number of nitrogens with one attached hydrogen (secondary N) is 2. The summed E-state index contributed by atoms with van der Waals surface area (Å²) in [4.78, 5) is 33.2. The second kappa shape index (κ2) is 12.7. The van der Waals surface area contributed by atoms with Crippen LogP contribution in [0.1, 0.15) is 54.2 Å². The van der Waals surface area contributed by atoms with Crippen LogP contribution in [0.4, 0.5) is 10.1 Å². The fourth-order valence-electron chi connectivity index (χ4n) is 5.38. The molecule has 1 aromatic heterocycles. The lowest BCUT2D eigenvalue weighted by Gasteiger charge is -2.34. The summed E-state index contributed by atoms with van der Waals surface area (Å²) in [6.45, 7) is 0. The van der Waals surface area contributed by atoms with Crippen LogP contribution in [0.3, 0.4) is 0 Å². The van der Waals surface area contributed by atoms with Gasteiger partial charge in [-0.05, 0) is 60.4 Å². The van der Waals surface area contributed by atoms with Crippen molar-refractivity contribution >= 4 is 17.5 Å². The number of aromatic amines is 1. The Morgan fingerprint density at radius 3 is 2.32 bits per heavy atom. The van der Waals surface area contributed by atoms with Crippen molar-refractivity contribution in [2.24, 2.45) is 0 Å². The lowest BCUT2D eigenvalue weighted by Crippen LogP contribution is -2.47. The average Bonchev–Trinajstić information content (AvgIpc) is 3.51. The van der Waals surface area contributed by atoms with E-state index in [0.29, 0.717) is 28.4 Å². The van der Waals surface area contributed by atoms with Crippen LogP contribution in [-0.4, -0.2) is 37.1 Å². The number of amides is 2. The van der Waals surface area contributed by atoms with Gasteiger partial charge in [0, 0.05) is 17.8 Å². The Bertz CT molecular complexity index is 1480. The molecule has 4 aromatic rings. The number of carbonyl (C=O) groups excluding carboxylic acids is 2. The summed E-state index contributed by atoms with van der Waals surface area (Å²) < 4.78 is 25.1. The fraction of sp³-hybridized carbons (Fsp3) is 0.273. The van der Waals surface area contributed by atoms with E-state index in [-0.39, 0.29) is 11.9 Å². The van der Waals surface area contributed by atoms with E-state index in [1.165, 1.54) is 24.1 Å². The Morgan fingerprint density at radius 1 is 0.902 bits per heavy atom. The van der Waals surface area contributed by atoms with Crippen LogP contribution in [0.25, 0.3) is 11.3 Å². The van der Waals surface area contributed by atoms with Crippen LogP contribution in [0.5, 0.6) is 11.5 Å². The van der Waals surface area contributed by atoms with Crippen molar-refractivity contribution in [1.82, 2.24) is 10.3 Å². The predicted molar refractivity (Wildman–Crippen MR) is 157 cm³/mol. The van der Waals surface area contributed by atoms with Crippen molar-refractivity contribution < 1.29 is 23.5 Å². The fourth-order valence-corrected chi connectivity index (χ4v) is 5.38. The van der Waals surface area contributed by atoms with Gasteiger partial charge in [-0.1, -0.05) is 61.7 Å². The first kappa shape index (κ1) is 28.0. The van der Waals surface area contributed by atoms with Gasteiger partial charge in [0.1, 0.15) is 29.1 Å². The maximum Gasteiger partial charge on any atom is 0.275 e. The van der Waals surface area contributed by atoms with Crippen LogP contribution < -0.4 is 19.7 Å². The number of anilines is 1. The first-order valence-electron chi connectivity index (χ1n) is 13.8. The molecule has 0 aliphatic heterocycles. The monoisotopic (exact) mass is 555 g/mol. The summed E-state index contributed by atoms with van der Waals surface area (Å²) in [5.41, 5.74) is 2.83. The van der Waals surface area contributed by atoms with E-state index in [4.69, 9.17) is 9.47 Å². The second-order valence-corrected chi connectivity index (χ2v) is 10.2.